The van der Waals surface area contributed by atoms with Crippen molar-refractivity contribution in [3.05, 3.63) is 59.1 Å². The highest BCUT2D eigenvalue weighted by Gasteiger charge is 2.39. The molecule has 0 spiro atoms. The number of halogens is 1. The summed E-state index contributed by atoms with van der Waals surface area (Å²) in [7, 11) is 0. The Morgan fingerprint density at radius 1 is 1.09 bits per heavy atom. The van der Waals surface area contributed by atoms with E-state index in [2.05, 4.69) is 12.2 Å². The van der Waals surface area contributed by atoms with Gasteiger partial charge < -0.3 is 5.32 Å². The van der Waals surface area contributed by atoms with E-state index in [0.29, 0.717) is 10.7 Å². The summed E-state index contributed by atoms with van der Waals surface area (Å²) >= 11 is 5.85. The van der Waals surface area contributed by atoms with E-state index in [9.17, 15) is 9.59 Å². The smallest absolute Gasteiger partial charge is 0.256 e. The van der Waals surface area contributed by atoms with Crippen LogP contribution in [-0.2, 0) is 16.0 Å². The molecule has 2 aromatic rings. The highest BCUT2D eigenvalue weighted by atomic mass is 35.5. The van der Waals surface area contributed by atoms with Crippen LogP contribution in [0.25, 0.3) is 0 Å². The van der Waals surface area contributed by atoms with Crippen molar-refractivity contribution >= 4 is 34.8 Å². The second-order valence-electron chi connectivity index (χ2n) is 5.50. The summed E-state index contributed by atoms with van der Waals surface area (Å²) in [6.07, 6.45) is 1.07. The van der Waals surface area contributed by atoms with Crippen molar-refractivity contribution < 1.29 is 9.59 Å². The van der Waals surface area contributed by atoms with Crippen molar-refractivity contribution in [3.63, 3.8) is 0 Å². The fraction of sp³-hybridized carbons (Fsp3) is 0.222. The van der Waals surface area contributed by atoms with Crippen molar-refractivity contribution in [1.29, 1.82) is 0 Å². The lowest BCUT2D eigenvalue weighted by molar-refractivity contribution is -0.121. The first-order valence-electron chi connectivity index (χ1n) is 7.56. The minimum atomic E-state index is -0.547. The third kappa shape index (κ3) is 3.22. The molecule has 2 amide bonds. The average molecular weight is 329 g/mol. The summed E-state index contributed by atoms with van der Waals surface area (Å²) in [5, 5.41) is 3.73. The Labute approximate surface area is 140 Å². The molecule has 0 bridgehead atoms. The lowest BCUT2D eigenvalue weighted by atomic mass is 10.1. The zero-order valence-corrected chi connectivity index (χ0v) is 13.5. The molecule has 0 radical (unpaired) electrons. The van der Waals surface area contributed by atoms with Gasteiger partial charge in [0.2, 0.25) is 5.91 Å². The predicted molar refractivity (Wildman–Crippen MR) is 91.8 cm³/mol. The zero-order chi connectivity index (χ0) is 16.4. The van der Waals surface area contributed by atoms with E-state index in [1.54, 1.807) is 24.3 Å². The normalized spacial score (nSPS) is 17.7. The number of aryl methyl sites for hydroxylation is 1. The van der Waals surface area contributed by atoms with Crippen LogP contribution >= 0.6 is 11.6 Å². The molecule has 1 aliphatic heterocycles. The highest BCUT2D eigenvalue weighted by Crippen LogP contribution is 2.25. The molecule has 23 heavy (non-hydrogen) atoms. The minimum Gasteiger partial charge on any atom is -0.373 e. The predicted octanol–water partition coefficient (Wildman–Crippen LogP) is 3.65. The molecule has 1 heterocycles. The molecule has 1 aliphatic rings. The minimum absolute atomic E-state index is 0.150. The molecule has 5 heteroatoms. The first-order chi connectivity index (χ1) is 11.1. The Balaban J connectivity index is 1.77. The van der Waals surface area contributed by atoms with Gasteiger partial charge in [0.05, 0.1) is 12.1 Å². The number of imide groups is 1. The Morgan fingerprint density at radius 2 is 1.74 bits per heavy atom. The van der Waals surface area contributed by atoms with Crippen LogP contribution in [0.3, 0.4) is 0 Å². The van der Waals surface area contributed by atoms with E-state index >= 15 is 0 Å². The molecule has 3 rings (SSSR count). The van der Waals surface area contributed by atoms with Gasteiger partial charge in [-0.05, 0) is 48.4 Å². The fourth-order valence-electron chi connectivity index (χ4n) is 2.64. The van der Waals surface area contributed by atoms with E-state index in [-0.39, 0.29) is 18.2 Å². The standard InChI is InChI=1S/C18H17ClN2O2/c1-2-12-3-9-15(10-4-12)21-17(22)11-16(18(21)23)20-14-7-5-13(19)6-8-14/h3-10,16,20H,2,11H2,1H3. The first-order valence-corrected chi connectivity index (χ1v) is 7.94. The number of nitrogens with zero attached hydrogens (tertiary/aromatic N) is 1. The molecule has 0 aliphatic carbocycles. The maximum atomic E-state index is 12.6. The number of hydrogen-bond donors (Lipinski definition) is 1. The highest BCUT2D eigenvalue weighted by molar-refractivity contribution is 6.30. The molecule has 0 aromatic heterocycles. The summed E-state index contributed by atoms with van der Waals surface area (Å²) in [4.78, 5) is 26.1. The number of amides is 2. The van der Waals surface area contributed by atoms with Gasteiger partial charge in [0.15, 0.2) is 0 Å². The lowest BCUT2D eigenvalue weighted by Crippen LogP contribution is -2.34. The second-order valence-corrected chi connectivity index (χ2v) is 5.93. The Morgan fingerprint density at radius 3 is 2.35 bits per heavy atom. The molecule has 0 saturated carbocycles. The molecule has 1 unspecified atom stereocenters. The Bertz CT molecular complexity index is 726. The molecule has 118 valence electrons. The maximum absolute atomic E-state index is 12.6. The van der Waals surface area contributed by atoms with E-state index in [1.807, 2.05) is 24.3 Å². The maximum Gasteiger partial charge on any atom is 0.256 e. The van der Waals surface area contributed by atoms with E-state index in [1.165, 1.54) is 10.5 Å². The van der Waals surface area contributed by atoms with Crippen LogP contribution in [0.1, 0.15) is 18.9 Å². The quantitative estimate of drug-likeness (QED) is 0.872. The summed E-state index contributed by atoms with van der Waals surface area (Å²) in [5.74, 6) is -0.417. The summed E-state index contributed by atoms with van der Waals surface area (Å²) in [6.45, 7) is 2.06. The molecule has 1 saturated heterocycles. The number of carbonyl (C=O) groups is 2. The lowest BCUT2D eigenvalue weighted by Gasteiger charge is -2.16. The van der Waals surface area contributed by atoms with Crippen LogP contribution in [0.15, 0.2) is 48.5 Å². The van der Waals surface area contributed by atoms with E-state index in [0.717, 1.165) is 12.1 Å². The van der Waals surface area contributed by atoms with Crippen molar-refractivity contribution in [2.75, 3.05) is 10.2 Å². The van der Waals surface area contributed by atoms with Gasteiger partial charge in [-0.15, -0.1) is 0 Å². The third-order valence-electron chi connectivity index (χ3n) is 3.93. The van der Waals surface area contributed by atoms with Crippen LogP contribution in [0.5, 0.6) is 0 Å². The van der Waals surface area contributed by atoms with Crippen molar-refractivity contribution in [1.82, 2.24) is 0 Å². The number of nitrogens with one attached hydrogen (secondary N) is 1. The van der Waals surface area contributed by atoms with Crippen LogP contribution < -0.4 is 10.2 Å². The Kier molecular flexibility index (Phi) is 4.35. The van der Waals surface area contributed by atoms with E-state index in [4.69, 9.17) is 11.6 Å². The van der Waals surface area contributed by atoms with Crippen LogP contribution in [0, 0.1) is 0 Å². The summed E-state index contributed by atoms with van der Waals surface area (Å²) in [5.41, 5.74) is 2.56. The number of benzene rings is 2. The number of hydrogen-bond acceptors (Lipinski definition) is 3. The van der Waals surface area contributed by atoms with Gasteiger partial charge in [0, 0.05) is 10.7 Å². The van der Waals surface area contributed by atoms with Crippen molar-refractivity contribution in [3.8, 4) is 0 Å². The topological polar surface area (TPSA) is 49.4 Å². The van der Waals surface area contributed by atoms with Gasteiger partial charge in [0.25, 0.3) is 5.91 Å². The largest absolute Gasteiger partial charge is 0.373 e. The molecule has 1 fully saturated rings. The molecule has 2 aromatic carbocycles. The van der Waals surface area contributed by atoms with Crippen LogP contribution in [0.4, 0.5) is 11.4 Å². The molecular formula is C18H17ClN2O2. The van der Waals surface area contributed by atoms with Gasteiger partial charge >= 0.3 is 0 Å². The van der Waals surface area contributed by atoms with Gasteiger partial charge in [-0.2, -0.15) is 0 Å². The molecule has 1 N–H and O–H groups in total. The average Bonchev–Trinajstić information content (AvgIpc) is 2.84. The monoisotopic (exact) mass is 328 g/mol. The zero-order valence-electron chi connectivity index (χ0n) is 12.8. The van der Waals surface area contributed by atoms with Gasteiger partial charge in [0.1, 0.15) is 6.04 Å². The SMILES string of the molecule is CCc1ccc(N2C(=O)CC(Nc3ccc(Cl)cc3)C2=O)cc1. The van der Waals surface area contributed by atoms with Gasteiger partial charge in [-0.3, -0.25) is 9.59 Å². The fourth-order valence-corrected chi connectivity index (χ4v) is 2.77. The number of carbonyl (C=O) groups excluding carboxylic acids is 2. The number of anilines is 2. The van der Waals surface area contributed by atoms with E-state index < -0.39 is 6.04 Å². The number of rotatable bonds is 4. The van der Waals surface area contributed by atoms with Crippen LogP contribution in [0.2, 0.25) is 5.02 Å². The summed E-state index contributed by atoms with van der Waals surface area (Å²) in [6, 6.07) is 14.0. The second kappa shape index (κ2) is 6.42. The third-order valence-corrected chi connectivity index (χ3v) is 4.19. The Hall–Kier alpha value is -2.33. The molecule has 4 nitrogen and oxygen atoms in total. The first kappa shape index (κ1) is 15.6. The summed E-state index contributed by atoms with van der Waals surface area (Å²) < 4.78 is 0. The van der Waals surface area contributed by atoms with Crippen LogP contribution in [-0.4, -0.2) is 17.9 Å². The molecule has 1 atom stereocenters. The van der Waals surface area contributed by atoms with Crippen molar-refractivity contribution in [2.24, 2.45) is 0 Å². The van der Waals surface area contributed by atoms with Gasteiger partial charge in [-0.25, -0.2) is 4.90 Å². The van der Waals surface area contributed by atoms with Crippen molar-refractivity contribution in [2.45, 2.75) is 25.8 Å². The molecular weight excluding hydrogens is 312 g/mol. The van der Waals surface area contributed by atoms with Gasteiger partial charge in [-0.1, -0.05) is 30.7 Å².